The first-order valence-electron chi connectivity index (χ1n) is 17.8. The molecule has 5 rings (SSSR count). The van der Waals surface area contributed by atoms with Gasteiger partial charge in [0.15, 0.2) is 31.5 Å². The van der Waals surface area contributed by atoms with E-state index in [9.17, 15) is 30.6 Å². The molecule has 0 radical (unpaired) electrons. The maximum atomic E-state index is 11.1. The van der Waals surface area contributed by atoms with Crippen LogP contribution in [0.3, 0.4) is 0 Å². The molecular weight excluding hydrogens is 684 g/mol. The summed E-state index contributed by atoms with van der Waals surface area (Å²) in [4.78, 5) is 0. The smallest absolute Gasteiger partial charge is 0.187 e. The quantitative estimate of drug-likeness (QED) is 0.130. The molecule has 0 aromatic heterocycles. The zero-order valence-electron chi connectivity index (χ0n) is 30.2. The van der Waals surface area contributed by atoms with Crippen LogP contribution in [-0.4, -0.2) is 188 Å². The normalized spacial score (nSPS) is 51.4. The second-order valence-electron chi connectivity index (χ2n) is 14.0. The molecule has 0 aromatic carbocycles. The van der Waals surface area contributed by atoms with Crippen LogP contribution in [0, 0.1) is 0 Å². The summed E-state index contributed by atoms with van der Waals surface area (Å²) >= 11 is 0. The van der Waals surface area contributed by atoms with E-state index in [4.69, 9.17) is 56.8 Å². The minimum Gasteiger partial charge on any atom is -0.394 e. The fourth-order valence-corrected chi connectivity index (χ4v) is 7.64. The molecule has 6 N–H and O–H groups in total. The molecule has 0 bridgehead atoms. The number of hydrogen-bond donors (Lipinski definition) is 6. The van der Waals surface area contributed by atoms with Gasteiger partial charge in [0, 0.05) is 47.0 Å². The second kappa shape index (κ2) is 18.3. The topological polar surface area (TPSA) is 232 Å². The Labute approximate surface area is 298 Å². The standard InChI is InChI=1S/C33H58O18/c1-13-29(17(35)8-23(44-13)49-30-14(2)43-22(36)9-18(30)40-5)48-24-10-19(41-6)31(15(3)45-24)50-25-11-20(42-7)32(16(4)46-25)51-33-28(39)27(38)26(37)21(12-34)47-33/h13-39H,8-12H2,1-7H3/t13-,14-,15-,16-,17+,18+,19-,20-,21-,22?,23+,24+,25+,26-,27+,28-,29-,30+,31-,32+,33+/m1/s1. The third kappa shape index (κ3) is 9.57. The van der Waals surface area contributed by atoms with E-state index in [-0.39, 0.29) is 25.7 Å². The number of rotatable bonds is 12. The molecule has 298 valence electrons. The molecule has 18 heteroatoms. The van der Waals surface area contributed by atoms with Gasteiger partial charge in [-0.15, -0.1) is 0 Å². The van der Waals surface area contributed by atoms with Crippen LogP contribution in [0.2, 0.25) is 0 Å². The Morgan fingerprint density at radius 3 is 1.41 bits per heavy atom. The van der Waals surface area contributed by atoms with Crippen LogP contribution >= 0.6 is 0 Å². The highest BCUT2D eigenvalue weighted by atomic mass is 16.8. The van der Waals surface area contributed by atoms with Gasteiger partial charge in [-0.3, -0.25) is 0 Å². The van der Waals surface area contributed by atoms with Crippen LogP contribution in [0.4, 0.5) is 0 Å². The van der Waals surface area contributed by atoms with Gasteiger partial charge in [0.25, 0.3) is 0 Å². The lowest BCUT2D eigenvalue weighted by Crippen LogP contribution is -2.62. The van der Waals surface area contributed by atoms with Gasteiger partial charge in [0.2, 0.25) is 0 Å². The average Bonchev–Trinajstić information content (AvgIpc) is 3.09. The van der Waals surface area contributed by atoms with Crippen molar-refractivity contribution in [3.8, 4) is 0 Å². The van der Waals surface area contributed by atoms with Crippen molar-refractivity contribution in [2.45, 2.75) is 182 Å². The van der Waals surface area contributed by atoms with E-state index in [1.807, 2.05) is 6.92 Å². The first kappa shape index (κ1) is 41.4. The van der Waals surface area contributed by atoms with Gasteiger partial charge in [-0.25, -0.2) is 0 Å². The van der Waals surface area contributed by atoms with Crippen LogP contribution < -0.4 is 0 Å². The Morgan fingerprint density at radius 2 is 0.922 bits per heavy atom. The summed E-state index contributed by atoms with van der Waals surface area (Å²) < 4.78 is 71.4. The molecule has 1 unspecified atom stereocenters. The average molecular weight is 743 g/mol. The van der Waals surface area contributed by atoms with Crippen LogP contribution in [0.1, 0.15) is 53.4 Å². The van der Waals surface area contributed by atoms with Crippen molar-refractivity contribution in [1.29, 1.82) is 0 Å². The lowest BCUT2D eigenvalue weighted by molar-refractivity contribution is -0.358. The van der Waals surface area contributed by atoms with Crippen molar-refractivity contribution in [2.75, 3.05) is 27.9 Å². The van der Waals surface area contributed by atoms with Crippen molar-refractivity contribution in [3.63, 3.8) is 0 Å². The zero-order valence-corrected chi connectivity index (χ0v) is 30.2. The molecule has 0 aromatic rings. The summed E-state index contributed by atoms with van der Waals surface area (Å²) in [5, 5.41) is 61.4. The molecule has 5 aliphatic heterocycles. The van der Waals surface area contributed by atoms with E-state index >= 15 is 0 Å². The Hall–Kier alpha value is -0.720. The summed E-state index contributed by atoms with van der Waals surface area (Å²) in [6.07, 6.45) is -16.5. The van der Waals surface area contributed by atoms with E-state index in [0.29, 0.717) is 0 Å². The lowest BCUT2D eigenvalue weighted by Gasteiger charge is -2.47. The monoisotopic (exact) mass is 742 g/mol. The SMILES string of the molecule is CO[C@H]1CC(O)O[C@H](C)[C@@H]1O[C@H]1C[C@H](O)[C@H](O[C@H]2C[C@@H](OC)[C@H](O[C@H]3C[C@@H](OC)[C@@H](O[C@@H]4O[C@H](CO)[C@@H](O)[C@H](O)[C@H]4O)[C@@H](C)O3)[C@@H](C)O2)[C@@H](C)O1. The molecule has 5 saturated heterocycles. The Morgan fingerprint density at radius 1 is 0.490 bits per heavy atom. The molecule has 0 amide bonds. The van der Waals surface area contributed by atoms with Crippen LogP contribution in [0.25, 0.3) is 0 Å². The van der Waals surface area contributed by atoms with Gasteiger partial charge in [0.05, 0.1) is 55.4 Å². The first-order chi connectivity index (χ1) is 24.3. The van der Waals surface area contributed by atoms with Crippen LogP contribution in [0.15, 0.2) is 0 Å². The predicted octanol–water partition coefficient (Wildman–Crippen LogP) is -1.74. The van der Waals surface area contributed by atoms with E-state index in [2.05, 4.69) is 0 Å². The summed E-state index contributed by atoms with van der Waals surface area (Å²) in [6, 6.07) is 0. The molecule has 5 fully saturated rings. The maximum Gasteiger partial charge on any atom is 0.187 e. The van der Waals surface area contributed by atoms with Crippen LogP contribution in [-0.2, 0) is 56.8 Å². The van der Waals surface area contributed by atoms with Crippen molar-refractivity contribution in [1.82, 2.24) is 0 Å². The van der Waals surface area contributed by atoms with Crippen molar-refractivity contribution in [2.24, 2.45) is 0 Å². The van der Waals surface area contributed by atoms with Gasteiger partial charge in [-0.05, 0) is 27.7 Å². The van der Waals surface area contributed by atoms with E-state index < -0.39 is 136 Å². The first-order valence-corrected chi connectivity index (χ1v) is 17.8. The number of aliphatic hydroxyl groups is 6. The number of hydrogen-bond acceptors (Lipinski definition) is 18. The number of methoxy groups -OCH3 is 3. The van der Waals surface area contributed by atoms with E-state index in [1.165, 1.54) is 7.11 Å². The minimum atomic E-state index is -1.58. The summed E-state index contributed by atoms with van der Waals surface area (Å²) in [6.45, 7) is 6.56. The lowest BCUT2D eigenvalue weighted by atomic mass is 9.98. The molecule has 21 atom stereocenters. The van der Waals surface area contributed by atoms with Crippen molar-refractivity contribution < 1.29 is 87.5 Å². The third-order valence-corrected chi connectivity index (χ3v) is 10.5. The Balaban J connectivity index is 1.13. The minimum absolute atomic E-state index is 0.137. The Kier molecular flexibility index (Phi) is 14.9. The maximum absolute atomic E-state index is 11.1. The van der Waals surface area contributed by atoms with Gasteiger partial charge in [-0.2, -0.15) is 0 Å². The van der Waals surface area contributed by atoms with Crippen LogP contribution in [0.5, 0.6) is 0 Å². The third-order valence-electron chi connectivity index (χ3n) is 10.5. The summed E-state index contributed by atoms with van der Waals surface area (Å²) in [7, 11) is 4.61. The van der Waals surface area contributed by atoms with E-state index in [0.717, 1.165) is 0 Å². The molecule has 5 heterocycles. The molecule has 18 nitrogen and oxygen atoms in total. The molecule has 0 aliphatic carbocycles. The fraction of sp³-hybridized carbons (Fsp3) is 1.00. The molecule has 0 spiro atoms. The molecule has 5 aliphatic rings. The highest BCUT2D eigenvalue weighted by molar-refractivity contribution is 4.93. The number of aliphatic hydroxyl groups excluding tert-OH is 6. The largest absolute Gasteiger partial charge is 0.394 e. The highest BCUT2D eigenvalue weighted by Gasteiger charge is 2.50. The highest BCUT2D eigenvalue weighted by Crippen LogP contribution is 2.35. The van der Waals surface area contributed by atoms with Gasteiger partial charge in [0.1, 0.15) is 48.8 Å². The Bertz CT molecular complexity index is 1050. The number of ether oxygens (including phenoxy) is 12. The fourth-order valence-electron chi connectivity index (χ4n) is 7.64. The predicted molar refractivity (Wildman–Crippen MR) is 170 cm³/mol. The second-order valence-corrected chi connectivity index (χ2v) is 14.0. The van der Waals surface area contributed by atoms with Gasteiger partial charge in [-0.1, -0.05) is 0 Å². The van der Waals surface area contributed by atoms with Gasteiger partial charge < -0.3 is 87.5 Å². The van der Waals surface area contributed by atoms with E-state index in [1.54, 1.807) is 35.0 Å². The molecule has 0 saturated carbocycles. The summed E-state index contributed by atoms with van der Waals surface area (Å²) in [5.41, 5.74) is 0. The molecule has 51 heavy (non-hydrogen) atoms. The van der Waals surface area contributed by atoms with Gasteiger partial charge >= 0.3 is 0 Å². The molecular formula is C33H58O18. The summed E-state index contributed by atoms with van der Waals surface area (Å²) in [5.74, 6) is 0. The zero-order chi connectivity index (χ0) is 37.1. The van der Waals surface area contributed by atoms with Crippen molar-refractivity contribution in [3.05, 3.63) is 0 Å². The van der Waals surface area contributed by atoms with Crippen molar-refractivity contribution >= 4 is 0 Å².